The Bertz CT molecular complexity index is 666. The van der Waals surface area contributed by atoms with Crippen molar-refractivity contribution in [1.29, 1.82) is 0 Å². The predicted molar refractivity (Wildman–Crippen MR) is 74.4 cm³/mol. The summed E-state index contributed by atoms with van der Waals surface area (Å²) in [5.74, 6) is -2.09. The molecule has 1 aromatic carbocycles. The summed E-state index contributed by atoms with van der Waals surface area (Å²) in [6.07, 6.45) is -2.82. The molecule has 2 fully saturated rings. The van der Waals surface area contributed by atoms with Crippen LogP contribution < -0.4 is 4.90 Å². The normalized spacial score (nSPS) is 25.5. The lowest BCUT2D eigenvalue weighted by Crippen LogP contribution is -2.33. The Hall–Kier alpha value is -2.18. The lowest BCUT2D eigenvalue weighted by molar-refractivity contribution is -0.137. The first-order chi connectivity index (χ1) is 10.8. The highest BCUT2D eigenvalue weighted by Gasteiger charge is 2.47. The first-order valence-corrected chi connectivity index (χ1v) is 7.36. The zero-order chi connectivity index (χ0) is 16.8. The number of amides is 2. The van der Waals surface area contributed by atoms with E-state index in [9.17, 15) is 27.6 Å². The molecule has 7 heteroatoms. The molecule has 2 aliphatic rings. The van der Waals surface area contributed by atoms with E-state index >= 15 is 0 Å². The van der Waals surface area contributed by atoms with Gasteiger partial charge in [-0.25, -0.2) is 0 Å². The molecule has 1 aromatic rings. The predicted octanol–water partition coefficient (Wildman–Crippen LogP) is 2.95. The minimum Gasteiger partial charge on any atom is -0.299 e. The molecule has 0 spiro atoms. The van der Waals surface area contributed by atoms with Crippen molar-refractivity contribution in [2.45, 2.75) is 31.9 Å². The molecule has 3 rings (SSSR count). The van der Waals surface area contributed by atoms with Gasteiger partial charge in [0.25, 0.3) is 0 Å². The quantitative estimate of drug-likeness (QED) is 0.786. The number of Topliss-reactive ketones (excluding diaryl/α,β-unsaturated/α-hetero) is 1. The van der Waals surface area contributed by atoms with Crippen LogP contribution in [0.3, 0.4) is 0 Å². The summed E-state index contributed by atoms with van der Waals surface area (Å²) in [5.41, 5.74) is -0.733. The van der Waals surface area contributed by atoms with Crippen LogP contribution in [-0.2, 0) is 20.6 Å². The van der Waals surface area contributed by atoms with E-state index in [-0.39, 0.29) is 17.9 Å². The Morgan fingerprint density at radius 2 is 1.65 bits per heavy atom. The summed E-state index contributed by atoms with van der Waals surface area (Å²) in [4.78, 5) is 37.3. The van der Waals surface area contributed by atoms with E-state index in [0.29, 0.717) is 19.3 Å². The highest BCUT2D eigenvalue weighted by Crippen LogP contribution is 2.38. The van der Waals surface area contributed by atoms with E-state index in [1.54, 1.807) is 0 Å². The van der Waals surface area contributed by atoms with Gasteiger partial charge in [-0.1, -0.05) is 0 Å². The van der Waals surface area contributed by atoms with Gasteiger partial charge in [0.05, 0.1) is 17.2 Å². The molecule has 122 valence electrons. The van der Waals surface area contributed by atoms with Gasteiger partial charge < -0.3 is 0 Å². The van der Waals surface area contributed by atoms with Gasteiger partial charge in [0, 0.05) is 18.8 Å². The van der Waals surface area contributed by atoms with Crippen molar-refractivity contribution in [3.63, 3.8) is 0 Å². The summed E-state index contributed by atoms with van der Waals surface area (Å²) in [7, 11) is 0. The van der Waals surface area contributed by atoms with Gasteiger partial charge in [-0.15, -0.1) is 0 Å². The number of benzene rings is 1. The van der Waals surface area contributed by atoms with Crippen molar-refractivity contribution >= 4 is 23.3 Å². The van der Waals surface area contributed by atoms with Crippen LogP contribution in [0.1, 0.15) is 31.2 Å². The average molecular weight is 325 g/mol. The van der Waals surface area contributed by atoms with Crippen molar-refractivity contribution < 1.29 is 27.6 Å². The fourth-order valence-corrected chi connectivity index (χ4v) is 3.31. The SMILES string of the molecule is O=C1CCCC1C1CC(=O)N(c2ccc(C(F)(F)F)cc2)C1=O. The Labute approximate surface area is 130 Å². The Balaban J connectivity index is 1.84. The molecule has 2 unspecified atom stereocenters. The van der Waals surface area contributed by atoms with Crippen molar-refractivity contribution in [3.8, 4) is 0 Å². The molecule has 0 radical (unpaired) electrons. The van der Waals surface area contributed by atoms with E-state index in [1.165, 1.54) is 0 Å². The standard InChI is InChI=1S/C16H14F3NO3/c17-16(18,19)9-4-6-10(7-5-9)20-14(22)8-12(15(20)23)11-2-1-3-13(11)21/h4-7,11-12H,1-3,8H2. The lowest BCUT2D eigenvalue weighted by atomic mass is 9.89. The maximum absolute atomic E-state index is 12.6. The van der Waals surface area contributed by atoms with Gasteiger partial charge in [-0.3, -0.25) is 19.3 Å². The van der Waals surface area contributed by atoms with Crippen LogP contribution in [-0.4, -0.2) is 17.6 Å². The summed E-state index contributed by atoms with van der Waals surface area (Å²) < 4.78 is 37.7. The van der Waals surface area contributed by atoms with Crippen LogP contribution in [0.4, 0.5) is 18.9 Å². The maximum Gasteiger partial charge on any atom is 0.416 e. The fourth-order valence-electron chi connectivity index (χ4n) is 3.31. The van der Waals surface area contributed by atoms with E-state index in [0.717, 1.165) is 29.2 Å². The first kappa shape index (κ1) is 15.7. The van der Waals surface area contributed by atoms with Crippen LogP contribution in [0.5, 0.6) is 0 Å². The monoisotopic (exact) mass is 325 g/mol. The van der Waals surface area contributed by atoms with Gasteiger partial charge in [-0.2, -0.15) is 13.2 Å². The number of anilines is 1. The number of imide groups is 1. The van der Waals surface area contributed by atoms with Crippen LogP contribution >= 0.6 is 0 Å². The molecule has 23 heavy (non-hydrogen) atoms. The summed E-state index contributed by atoms with van der Waals surface area (Å²) in [6, 6.07) is 3.89. The topological polar surface area (TPSA) is 54.5 Å². The molecule has 1 heterocycles. The van der Waals surface area contributed by atoms with Crippen LogP contribution in [0, 0.1) is 11.8 Å². The second kappa shape index (κ2) is 5.47. The molecule has 4 nitrogen and oxygen atoms in total. The van der Waals surface area contributed by atoms with E-state index in [2.05, 4.69) is 0 Å². The van der Waals surface area contributed by atoms with Gasteiger partial charge in [0.15, 0.2) is 0 Å². The third-order valence-corrected chi connectivity index (χ3v) is 4.47. The van der Waals surface area contributed by atoms with E-state index in [4.69, 9.17) is 0 Å². The number of nitrogens with zero attached hydrogens (tertiary/aromatic N) is 1. The molecular weight excluding hydrogens is 311 g/mol. The highest BCUT2D eigenvalue weighted by atomic mass is 19.4. The molecule has 0 bridgehead atoms. The molecule has 1 saturated carbocycles. The summed E-state index contributed by atoms with van der Waals surface area (Å²) in [6.45, 7) is 0. The second-order valence-corrected chi connectivity index (χ2v) is 5.89. The van der Waals surface area contributed by atoms with Gasteiger partial charge in [0.2, 0.25) is 11.8 Å². The maximum atomic E-state index is 12.6. The Morgan fingerprint density at radius 3 is 2.17 bits per heavy atom. The van der Waals surface area contributed by atoms with Crippen LogP contribution in [0.25, 0.3) is 0 Å². The van der Waals surface area contributed by atoms with Crippen molar-refractivity contribution in [2.24, 2.45) is 11.8 Å². The molecule has 0 aromatic heterocycles. The minimum atomic E-state index is -4.48. The fraction of sp³-hybridized carbons (Fsp3) is 0.438. The number of rotatable bonds is 2. The lowest BCUT2D eigenvalue weighted by Gasteiger charge is -2.18. The van der Waals surface area contributed by atoms with E-state index < -0.39 is 35.4 Å². The number of ketones is 1. The number of alkyl halides is 3. The number of hydrogen-bond donors (Lipinski definition) is 0. The zero-order valence-corrected chi connectivity index (χ0v) is 12.1. The average Bonchev–Trinajstić information content (AvgIpc) is 3.02. The Morgan fingerprint density at radius 1 is 1.00 bits per heavy atom. The summed E-state index contributed by atoms with van der Waals surface area (Å²) >= 11 is 0. The molecule has 1 aliphatic carbocycles. The number of carbonyl (C=O) groups excluding carboxylic acids is 3. The molecular formula is C16H14F3NO3. The highest BCUT2D eigenvalue weighted by molar-refractivity contribution is 6.21. The number of halogens is 3. The van der Waals surface area contributed by atoms with E-state index in [1.807, 2.05) is 0 Å². The van der Waals surface area contributed by atoms with Crippen molar-refractivity contribution in [2.75, 3.05) is 4.90 Å². The Kier molecular flexibility index (Phi) is 3.74. The van der Waals surface area contributed by atoms with Gasteiger partial charge in [-0.05, 0) is 37.1 Å². The van der Waals surface area contributed by atoms with Gasteiger partial charge >= 0.3 is 6.18 Å². The second-order valence-electron chi connectivity index (χ2n) is 5.89. The van der Waals surface area contributed by atoms with Crippen LogP contribution in [0.15, 0.2) is 24.3 Å². The third kappa shape index (κ3) is 2.75. The third-order valence-electron chi connectivity index (χ3n) is 4.47. The molecule has 0 N–H and O–H groups in total. The first-order valence-electron chi connectivity index (χ1n) is 7.36. The molecule has 2 amide bonds. The smallest absolute Gasteiger partial charge is 0.299 e. The molecule has 1 saturated heterocycles. The zero-order valence-electron chi connectivity index (χ0n) is 12.1. The van der Waals surface area contributed by atoms with Crippen molar-refractivity contribution in [3.05, 3.63) is 29.8 Å². The van der Waals surface area contributed by atoms with Gasteiger partial charge in [0.1, 0.15) is 5.78 Å². The largest absolute Gasteiger partial charge is 0.416 e. The van der Waals surface area contributed by atoms with Crippen molar-refractivity contribution in [1.82, 2.24) is 0 Å². The molecule has 1 aliphatic heterocycles. The number of hydrogen-bond acceptors (Lipinski definition) is 3. The summed E-state index contributed by atoms with van der Waals surface area (Å²) in [5, 5.41) is 0. The number of carbonyl (C=O) groups is 3. The molecule has 2 atom stereocenters. The minimum absolute atomic E-state index is 0.00887. The van der Waals surface area contributed by atoms with Crippen LogP contribution in [0.2, 0.25) is 0 Å².